The van der Waals surface area contributed by atoms with E-state index in [4.69, 9.17) is 4.74 Å². The van der Waals surface area contributed by atoms with E-state index in [-0.39, 0.29) is 17.6 Å². The summed E-state index contributed by atoms with van der Waals surface area (Å²) in [4.78, 5) is 23.1. The van der Waals surface area contributed by atoms with Gasteiger partial charge >= 0.3 is 0 Å². The Bertz CT molecular complexity index is 1050. The number of amides is 1. The summed E-state index contributed by atoms with van der Waals surface area (Å²) in [7, 11) is 1.64. The van der Waals surface area contributed by atoms with Crippen LogP contribution in [0.4, 0.5) is 10.2 Å². The van der Waals surface area contributed by atoms with Crippen molar-refractivity contribution in [3.63, 3.8) is 0 Å². The van der Waals surface area contributed by atoms with Gasteiger partial charge in [-0.1, -0.05) is 12.1 Å². The third-order valence-electron chi connectivity index (χ3n) is 5.34. The highest BCUT2D eigenvalue weighted by Gasteiger charge is 2.33. The van der Waals surface area contributed by atoms with Crippen molar-refractivity contribution in [2.45, 2.75) is 19.8 Å². The monoisotopic (exact) mass is 391 g/mol. The molecule has 0 N–H and O–H groups in total. The van der Waals surface area contributed by atoms with Gasteiger partial charge in [0.25, 0.3) is 0 Å². The Balaban J connectivity index is 1.53. The molecule has 4 rings (SSSR count). The first-order chi connectivity index (χ1) is 14.1. The number of carbonyl (C=O) groups is 1. The highest BCUT2D eigenvalue weighted by molar-refractivity contribution is 5.96. The highest BCUT2D eigenvalue weighted by atomic mass is 19.1. The summed E-state index contributed by atoms with van der Waals surface area (Å²) >= 11 is 0. The van der Waals surface area contributed by atoms with Crippen LogP contribution >= 0.6 is 0 Å². The zero-order valence-corrected chi connectivity index (χ0v) is 16.4. The van der Waals surface area contributed by atoms with Crippen molar-refractivity contribution in [3.8, 4) is 16.9 Å². The molecule has 1 saturated heterocycles. The zero-order valence-electron chi connectivity index (χ0n) is 16.4. The van der Waals surface area contributed by atoms with Crippen LogP contribution in [0.15, 0.2) is 54.9 Å². The van der Waals surface area contributed by atoms with Crippen LogP contribution in [-0.2, 0) is 11.2 Å². The first-order valence-corrected chi connectivity index (χ1v) is 9.58. The number of anilines is 1. The third kappa shape index (κ3) is 3.83. The van der Waals surface area contributed by atoms with Gasteiger partial charge in [0.2, 0.25) is 5.91 Å². The van der Waals surface area contributed by atoms with Crippen molar-refractivity contribution >= 4 is 11.7 Å². The van der Waals surface area contributed by atoms with E-state index in [1.807, 2.05) is 37.3 Å². The number of carbonyl (C=O) groups excluding carboxylic acids is 1. The maximum Gasteiger partial charge on any atom is 0.231 e. The second-order valence-electron chi connectivity index (χ2n) is 7.19. The number of aryl methyl sites for hydroxylation is 1. The highest BCUT2D eigenvalue weighted by Crippen LogP contribution is 2.30. The Labute approximate surface area is 169 Å². The van der Waals surface area contributed by atoms with Crippen molar-refractivity contribution < 1.29 is 13.9 Å². The number of methoxy groups -OCH3 is 1. The van der Waals surface area contributed by atoms with Crippen LogP contribution in [0.5, 0.6) is 5.75 Å². The molecule has 1 aliphatic rings. The van der Waals surface area contributed by atoms with Crippen LogP contribution in [0.2, 0.25) is 0 Å². The van der Waals surface area contributed by atoms with Gasteiger partial charge in [0, 0.05) is 35.5 Å². The maximum atomic E-state index is 14.1. The van der Waals surface area contributed by atoms with Gasteiger partial charge in [-0.2, -0.15) is 0 Å². The molecule has 1 unspecified atom stereocenters. The molecule has 3 aromatic rings. The molecule has 0 bridgehead atoms. The predicted molar refractivity (Wildman–Crippen MR) is 109 cm³/mol. The normalized spacial score (nSPS) is 16.3. The summed E-state index contributed by atoms with van der Waals surface area (Å²) in [6.45, 7) is 2.45. The van der Waals surface area contributed by atoms with Crippen LogP contribution < -0.4 is 9.64 Å². The van der Waals surface area contributed by atoms with Crippen molar-refractivity contribution in [2.24, 2.45) is 5.92 Å². The van der Waals surface area contributed by atoms with Gasteiger partial charge in [-0.3, -0.25) is 14.7 Å². The minimum absolute atomic E-state index is 0.0718. The molecular weight excluding hydrogens is 369 g/mol. The van der Waals surface area contributed by atoms with Gasteiger partial charge in [-0.05, 0) is 55.7 Å². The molecule has 0 aliphatic carbocycles. The number of benzene rings is 1. The van der Waals surface area contributed by atoms with E-state index in [1.54, 1.807) is 30.3 Å². The Kier molecular flexibility index (Phi) is 5.25. The molecule has 1 amide bonds. The number of aromatic nitrogens is 2. The van der Waals surface area contributed by atoms with Crippen molar-refractivity contribution in [3.05, 3.63) is 71.9 Å². The maximum absolute atomic E-state index is 14.1. The summed E-state index contributed by atoms with van der Waals surface area (Å²) in [6, 6.07) is 13.0. The quantitative estimate of drug-likeness (QED) is 0.654. The molecule has 3 heterocycles. The van der Waals surface area contributed by atoms with Crippen molar-refractivity contribution in [1.82, 2.24) is 9.97 Å². The van der Waals surface area contributed by atoms with Crippen molar-refractivity contribution in [2.75, 3.05) is 18.6 Å². The van der Waals surface area contributed by atoms with Crippen molar-refractivity contribution in [1.29, 1.82) is 0 Å². The molecule has 29 heavy (non-hydrogen) atoms. The van der Waals surface area contributed by atoms with E-state index >= 15 is 0 Å². The zero-order chi connectivity index (χ0) is 20.4. The fraction of sp³-hybridized carbons (Fsp3) is 0.261. The Morgan fingerprint density at radius 2 is 2.07 bits per heavy atom. The largest absolute Gasteiger partial charge is 0.497 e. The first kappa shape index (κ1) is 19.1. The number of hydrogen-bond donors (Lipinski definition) is 0. The molecule has 2 aromatic heterocycles. The molecule has 1 fully saturated rings. The van der Waals surface area contributed by atoms with Gasteiger partial charge in [-0.25, -0.2) is 9.37 Å². The van der Waals surface area contributed by atoms with E-state index in [2.05, 4.69) is 9.97 Å². The summed E-state index contributed by atoms with van der Waals surface area (Å²) < 4.78 is 19.3. The first-order valence-electron chi connectivity index (χ1n) is 9.58. The fourth-order valence-electron chi connectivity index (χ4n) is 3.82. The molecular formula is C23H22FN3O2. The SMILES string of the molecule is COc1cccc(CC2CCN(c3ccc(-c4ccncc4F)c(C)n3)C2=O)c1. The standard InChI is InChI=1S/C23H22FN3O2/c1-15-19(20-8-10-25-14-21(20)24)6-7-22(26-15)27-11-9-17(23(27)28)12-16-4-3-5-18(13-16)29-2/h3-8,10,13-14,17H,9,11-12H2,1-2H3. The lowest BCUT2D eigenvalue weighted by Gasteiger charge is -2.18. The smallest absolute Gasteiger partial charge is 0.231 e. The number of halogens is 1. The van der Waals surface area contributed by atoms with Crippen LogP contribution in [0.25, 0.3) is 11.1 Å². The van der Waals surface area contributed by atoms with Gasteiger partial charge in [0.15, 0.2) is 0 Å². The molecule has 5 nitrogen and oxygen atoms in total. The molecule has 0 saturated carbocycles. The van der Waals surface area contributed by atoms with Gasteiger partial charge in [0.1, 0.15) is 17.4 Å². The van der Waals surface area contributed by atoms with Crippen LogP contribution in [0.3, 0.4) is 0 Å². The minimum atomic E-state index is -0.388. The number of pyridine rings is 2. The second-order valence-corrected chi connectivity index (χ2v) is 7.19. The molecule has 6 heteroatoms. The second kappa shape index (κ2) is 7.99. The average Bonchev–Trinajstić information content (AvgIpc) is 3.09. The van der Waals surface area contributed by atoms with Gasteiger partial charge in [-0.15, -0.1) is 0 Å². The topological polar surface area (TPSA) is 55.3 Å². The van der Waals surface area contributed by atoms with E-state index in [0.717, 1.165) is 17.7 Å². The van der Waals surface area contributed by atoms with Gasteiger partial charge in [0.05, 0.1) is 13.3 Å². The lowest BCUT2D eigenvalue weighted by molar-refractivity contribution is -0.120. The van der Waals surface area contributed by atoms with Crippen LogP contribution in [0, 0.1) is 18.7 Å². The Morgan fingerprint density at radius 1 is 1.21 bits per heavy atom. The summed E-state index contributed by atoms with van der Waals surface area (Å²) in [5.41, 5.74) is 2.92. The van der Waals surface area contributed by atoms with E-state index in [9.17, 15) is 9.18 Å². The van der Waals surface area contributed by atoms with E-state index < -0.39 is 0 Å². The number of ether oxygens (including phenoxy) is 1. The molecule has 0 radical (unpaired) electrons. The molecule has 148 valence electrons. The Hall–Kier alpha value is -3.28. The summed E-state index contributed by atoms with van der Waals surface area (Å²) in [6.07, 6.45) is 4.19. The molecule has 0 spiro atoms. The van der Waals surface area contributed by atoms with Gasteiger partial charge < -0.3 is 4.74 Å². The van der Waals surface area contributed by atoms with E-state index in [1.165, 1.54) is 6.20 Å². The minimum Gasteiger partial charge on any atom is -0.497 e. The van der Waals surface area contributed by atoms with Crippen LogP contribution in [0.1, 0.15) is 17.7 Å². The number of hydrogen-bond acceptors (Lipinski definition) is 4. The molecule has 1 aromatic carbocycles. The van der Waals surface area contributed by atoms with E-state index in [0.29, 0.717) is 35.6 Å². The number of rotatable bonds is 5. The average molecular weight is 391 g/mol. The summed E-state index contributed by atoms with van der Waals surface area (Å²) in [5.74, 6) is 1.00. The summed E-state index contributed by atoms with van der Waals surface area (Å²) in [5, 5.41) is 0. The van der Waals surface area contributed by atoms with Crippen LogP contribution in [-0.4, -0.2) is 29.5 Å². The lowest BCUT2D eigenvalue weighted by atomic mass is 9.98. The molecule has 1 atom stereocenters. The third-order valence-corrected chi connectivity index (χ3v) is 5.34. The Morgan fingerprint density at radius 3 is 2.83 bits per heavy atom. The number of nitrogens with zero attached hydrogens (tertiary/aromatic N) is 3. The lowest BCUT2D eigenvalue weighted by Crippen LogP contribution is -2.28. The molecule has 1 aliphatic heterocycles. The predicted octanol–water partition coefficient (Wildman–Crippen LogP) is 4.20. The fourth-order valence-corrected chi connectivity index (χ4v) is 3.82.